The van der Waals surface area contributed by atoms with Crippen LogP contribution >= 0.6 is 35.4 Å². The van der Waals surface area contributed by atoms with E-state index in [1.165, 1.54) is 6.07 Å². The number of carbonyl (C=O) groups is 1. The van der Waals surface area contributed by atoms with Crippen LogP contribution in [0.4, 0.5) is 5.69 Å². The van der Waals surface area contributed by atoms with E-state index in [9.17, 15) is 9.59 Å². The number of carbonyl (C=O) groups excluding carboxylic acids is 1. The molecular weight excluding hydrogens is 385 g/mol. The molecule has 1 atom stereocenters. The molecule has 1 aromatic carbocycles. The van der Waals surface area contributed by atoms with Gasteiger partial charge in [0.2, 0.25) is 5.91 Å². The third kappa shape index (κ3) is 3.44. The van der Waals surface area contributed by atoms with Crippen molar-refractivity contribution >= 4 is 63.1 Å². The summed E-state index contributed by atoms with van der Waals surface area (Å²) in [7, 11) is 0. The Labute approximate surface area is 158 Å². The summed E-state index contributed by atoms with van der Waals surface area (Å²) in [6.45, 7) is 3.51. The van der Waals surface area contributed by atoms with Crippen LogP contribution in [0.15, 0.2) is 33.5 Å². The minimum atomic E-state index is -1.05. The molecule has 1 saturated carbocycles. The van der Waals surface area contributed by atoms with Crippen molar-refractivity contribution < 1.29 is 9.21 Å². The summed E-state index contributed by atoms with van der Waals surface area (Å²) in [5.74, 6) is -0.346. The second kappa shape index (κ2) is 6.16. The van der Waals surface area contributed by atoms with Gasteiger partial charge in [0.1, 0.15) is 9.92 Å². The average Bonchev–Trinajstić information content (AvgIpc) is 3.04. The van der Waals surface area contributed by atoms with Gasteiger partial charge >= 0.3 is 5.63 Å². The molecule has 0 unspecified atom stereocenters. The van der Waals surface area contributed by atoms with Crippen molar-refractivity contribution in [2.75, 3.05) is 5.32 Å². The van der Waals surface area contributed by atoms with Crippen LogP contribution < -0.4 is 21.8 Å². The maximum Gasteiger partial charge on any atom is 0.336 e. The molecule has 1 aromatic heterocycles. The molecule has 6 nitrogen and oxygen atoms in total. The van der Waals surface area contributed by atoms with Crippen molar-refractivity contribution in [3.8, 4) is 0 Å². The number of hydrogen-bond donors (Lipinski definition) is 3. The Morgan fingerprint density at radius 1 is 1.28 bits per heavy atom. The first-order chi connectivity index (χ1) is 11.6. The molecule has 0 aliphatic heterocycles. The van der Waals surface area contributed by atoms with Gasteiger partial charge in [0.05, 0.1) is 5.41 Å². The van der Waals surface area contributed by atoms with Crippen LogP contribution in [-0.4, -0.2) is 15.4 Å². The van der Waals surface area contributed by atoms with Gasteiger partial charge in [-0.1, -0.05) is 0 Å². The first-order valence-corrected chi connectivity index (χ1v) is 8.59. The molecule has 1 amide bonds. The molecule has 0 saturated heterocycles. The number of anilines is 1. The van der Waals surface area contributed by atoms with Crippen molar-refractivity contribution in [3.63, 3.8) is 0 Å². The Morgan fingerprint density at radius 3 is 2.60 bits per heavy atom. The fraction of sp³-hybridized carbons (Fsp3) is 0.312. The highest BCUT2D eigenvalue weighted by atomic mass is 35.5. The molecule has 0 bridgehead atoms. The SMILES string of the molecule is Cc1cc(=O)oc2cc(NC(=S)NNC(=O)[C@@]3(C)CC3(Cl)Cl)ccc12. The third-order valence-electron chi connectivity index (χ3n) is 4.26. The van der Waals surface area contributed by atoms with Crippen molar-refractivity contribution in [3.05, 3.63) is 40.2 Å². The predicted molar refractivity (Wildman–Crippen MR) is 102 cm³/mol. The second-order valence-corrected chi connectivity index (χ2v) is 8.10. The Hall–Kier alpha value is -1.83. The number of nitrogens with one attached hydrogen (secondary N) is 3. The summed E-state index contributed by atoms with van der Waals surface area (Å²) >= 11 is 17.1. The summed E-state index contributed by atoms with van der Waals surface area (Å²) in [6.07, 6.45) is 0.375. The first-order valence-electron chi connectivity index (χ1n) is 7.42. The van der Waals surface area contributed by atoms with E-state index < -0.39 is 15.4 Å². The Balaban J connectivity index is 1.64. The zero-order valence-corrected chi connectivity index (χ0v) is 15.7. The summed E-state index contributed by atoms with van der Waals surface area (Å²) < 4.78 is 4.13. The Morgan fingerprint density at radius 2 is 1.96 bits per heavy atom. The third-order valence-corrected chi connectivity index (χ3v) is 5.56. The topological polar surface area (TPSA) is 83.4 Å². The molecule has 132 valence electrons. The van der Waals surface area contributed by atoms with E-state index in [-0.39, 0.29) is 11.0 Å². The number of amides is 1. The van der Waals surface area contributed by atoms with Gasteiger partial charge in [0, 0.05) is 23.2 Å². The monoisotopic (exact) mass is 399 g/mol. The lowest BCUT2D eigenvalue weighted by molar-refractivity contribution is -0.126. The molecule has 1 fully saturated rings. The zero-order valence-electron chi connectivity index (χ0n) is 13.4. The van der Waals surface area contributed by atoms with E-state index >= 15 is 0 Å². The largest absolute Gasteiger partial charge is 0.423 e. The quantitative estimate of drug-likeness (QED) is 0.311. The van der Waals surface area contributed by atoms with E-state index in [2.05, 4.69) is 16.2 Å². The fourth-order valence-corrected chi connectivity index (χ4v) is 3.34. The second-order valence-electron chi connectivity index (χ2n) is 6.21. The van der Waals surface area contributed by atoms with Gasteiger partial charge in [0.25, 0.3) is 0 Å². The lowest BCUT2D eigenvalue weighted by Gasteiger charge is -2.15. The number of thiocarbonyl (C=S) groups is 1. The van der Waals surface area contributed by atoms with Crippen LogP contribution in [0.5, 0.6) is 0 Å². The van der Waals surface area contributed by atoms with E-state index in [1.807, 2.05) is 13.0 Å². The first kappa shape index (κ1) is 18.0. The van der Waals surface area contributed by atoms with Gasteiger partial charge < -0.3 is 9.73 Å². The lowest BCUT2D eigenvalue weighted by Crippen LogP contribution is -2.47. The lowest BCUT2D eigenvalue weighted by atomic mass is 10.1. The maximum atomic E-state index is 12.1. The highest BCUT2D eigenvalue weighted by Gasteiger charge is 2.68. The number of hydrogen-bond acceptors (Lipinski definition) is 4. The van der Waals surface area contributed by atoms with Gasteiger partial charge in [0.15, 0.2) is 5.11 Å². The van der Waals surface area contributed by atoms with Crippen LogP contribution in [0, 0.1) is 12.3 Å². The minimum absolute atomic E-state index is 0.168. The number of aryl methyl sites for hydroxylation is 1. The number of halogens is 2. The van der Waals surface area contributed by atoms with E-state index in [4.69, 9.17) is 39.8 Å². The number of benzene rings is 1. The molecule has 3 N–H and O–H groups in total. The zero-order chi connectivity index (χ0) is 18.4. The molecule has 25 heavy (non-hydrogen) atoms. The van der Waals surface area contributed by atoms with Crippen LogP contribution in [-0.2, 0) is 4.79 Å². The van der Waals surface area contributed by atoms with Gasteiger partial charge in [-0.3, -0.25) is 15.6 Å². The van der Waals surface area contributed by atoms with Crippen molar-refractivity contribution in [1.82, 2.24) is 10.9 Å². The molecule has 9 heteroatoms. The number of hydrazine groups is 1. The molecule has 1 aliphatic rings. The van der Waals surface area contributed by atoms with Gasteiger partial charge in [-0.2, -0.15) is 0 Å². The van der Waals surface area contributed by atoms with E-state index in [0.29, 0.717) is 17.7 Å². The highest BCUT2D eigenvalue weighted by Crippen LogP contribution is 2.63. The predicted octanol–water partition coefficient (Wildman–Crippen LogP) is 3.00. The molecule has 3 rings (SSSR count). The maximum absolute atomic E-state index is 12.1. The highest BCUT2D eigenvalue weighted by molar-refractivity contribution is 7.80. The summed E-state index contributed by atoms with van der Waals surface area (Å²) in [5, 5.41) is 3.90. The number of fused-ring (bicyclic) bond motifs is 1. The Kier molecular flexibility index (Phi) is 4.43. The van der Waals surface area contributed by atoms with Gasteiger partial charge in [-0.25, -0.2) is 4.79 Å². The van der Waals surface area contributed by atoms with Crippen molar-refractivity contribution in [2.45, 2.75) is 24.6 Å². The van der Waals surface area contributed by atoms with E-state index in [1.54, 1.807) is 19.1 Å². The summed E-state index contributed by atoms with van der Waals surface area (Å²) in [6, 6.07) is 6.70. The van der Waals surface area contributed by atoms with Gasteiger partial charge in [-0.15, -0.1) is 23.2 Å². The summed E-state index contributed by atoms with van der Waals surface area (Å²) in [4.78, 5) is 23.5. The molecule has 1 heterocycles. The molecule has 0 radical (unpaired) electrons. The number of alkyl halides is 2. The van der Waals surface area contributed by atoms with Crippen LogP contribution in [0.1, 0.15) is 18.9 Å². The van der Waals surface area contributed by atoms with Gasteiger partial charge in [-0.05, 0) is 50.2 Å². The van der Waals surface area contributed by atoms with Crippen molar-refractivity contribution in [1.29, 1.82) is 0 Å². The minimum Gasteiger partial charge on any atom is -0.423 e. The van der Waals surface area contributed by atoms with Crippen LogP contribution in [0.25, 0.3) is 11.0 Å². The smallest absolute Gasteiger partial charge is 0.336 e. The standard InChI is InChI=1S/C16H15Cl2N3O3S/c1-8-5-12(22)24-11-6-9(3-4-10(8)11)19-14(25)21-20-13(23)15(2)7-16(15,17)18/h3-6H,7H2,1-2H3,(H,20,23)(H2,19,21,25)/t15-/m1/s1. The van der Waals surface area contributed by atoms with Crippen LogP contribution in [0.3, 0.4) is 0 Å². The van der Waals surface area contributed by atoms with E-state index in [0.717, 1.165) is 10.9 Å². The fourth-order valence-electron chi connectivity index (χ4n) is 2.46. The van der Waals surface area contributed by atoms with Crippen LogP contribution in [0.2, 0.25) is 0 Å². The summed E-state index contributed by atoms with van der Waals surface area (Å²) in [5.41, 5.74) is 5.70. The number of rotatable bonds is 2. The molecule has 2 aromatic rings. The van der Waals surface area contributed by atoms with Crippen molar-refractivity contribution in [2.24, 2.45) is 5.41 Å². The molecular formula is C16H15Cl2N3O3S. The Bertz CT molecular complexity index is 944. The molecule has 0 spiro atoms. The normalized spacial score (nSPS) is 20.8. The molecule has 1 aliphatic carbocycles. The average molecular weight is 400 g/mol.